The molecule has 204 valence electrons. The molecule has 4 N–H and O–H groups in total. The summed E-state index contributed by atoms with van der Waals surface area (Å²) >= 11 is 0. The molecule has 1 fully saturated rings. The first kappa shape index (κ1) is 27.9. The van der Waals surface area contributed by atoms with Crippen molar-refractivity contribution in [3.05, 3.63) is 87.0 Å². The van der Waals surface area contributed by atoms with E-state index < -0.39 is 68.5 Å². The number of phosphoric ester groups is 1. The van der Waals surface area contributed by atoms with Crippen LogP contribution in [0.1, 0.15) is 17.5 Å². The molecule has 1 aliphatic heterocycles. The lowest BCUT2D eigenvalue weighted by atomic mass is 10.0. The van der Waals surface area contributed by atoms with Crippen LogP contribution in [0, 0.1) is 0 Å². The molecule has 1 aliphatic rings. The van der Waals surface area contributed by atoms with Gasteiger partial charge < -0.3 is 24.7 Å². The van der Waals surface area contributed by atoms with Crippen molar-refractivity contribution >= 4 is 7.82 Å². The number of aliphatic hydroxyl groups excluding tert-OH is 2. The second-order valence-corrected chi connectivity index (χ2v) is 9.59. The molecular weight excluding hydrogens is 538 g/mol. The molecule has 16 heteroatoms. The predicted octanol–water partition coefficient (Wildman–Crippen LogP) is 0.868. The van der Waals surface area contributed by atoms with E-state index in [1.807, 2.05) is 0 Å². The third-order valence-electron chi connectivity index (χ3n) is 5.78. The van der Waals surface area contributed by atoms with Gasteiger partial charge in [-0.25, -0.2) is 9.36 Å². The van der Waals surface area contributed by atoms with E-state index in [1.165, 1.54) is 12.1 Å². The van der Waals surface area contributed by atoms with Gasteiger partial charge in [0.05, 0.1) is 24.4 Å². The predicted molar refractivity (Wildman–Crippen MR) is 123 cm³/mol. The highest BCUT2D eigenvalue weighted by molar-refractivity contribution is 7.46. The molecule has 0 aliphatic carbocycles. The average Bonchev–Trinajstić information content (AvgIpc) is 3.13. The smallest absolute Gasteiger partial charge is 0.387 e. The van der Waals surface area contributed by atoms with E-state index in [2.05, 4.69) is 9.51 Å². The van der Waals surface area contributed by atoms with Crippen LogP contribution in [-0.2, 0) is 26.5 Å². The highest BCUT2D eigenvalue weighted by Gasteiger charge is 2.45. The molecule has 1 saturated heterocycles. The normalized spacial score (nSPS) is 22.1. The number of phosphoric acid groups is 1. The van der Waals surface area contributed by atoms with Crippen molar-refractivity contribution < 1.29 is 47.0 Å². The second-order valence-electron chi connectivity index (χ2n) is 8.35. The van der Waals surface area contributed by atoms with Gasteiger partial charge in [-0.1, -0.05) is 30.3 Å². The van der Waals surface area contributed by atoms with Crippen molar-refractivity contribution in [1.29, 1.82) is 0 Å². The molecule has 4 atom stereocenters. The van der Waals surface area contributed by atoms with Crippen LogP contribution in [-0.4, -0.2) is 59.0 Å². The molecule has 12 nitrogen and oxygen atoms in total. The molecular formula is C22H21F3N3O9P. The van der Waals surface area contributed by atoms with Crippen LogP contribution in [0.2, 0.25) is 0 Å². The number of rotatable bonds is 7. The van der Waals surface area contributed by atoms with Gasteiger partial charge in [0.25, 0.3) is 5.56 Å². The minimum atomic E-state index is -4.92. The van der Waals surface area contributed by atoms with Gasteiger partial charge in [0, 0.05) is 18.5 Å². The summed E-state index contributed by atoms with van der Waals surface area (Å²) in [4.78, 5) is 47.1. The maximum atomic E-state index is 13.6. The molecule has 2 aromatic heterocycles. The van der Waals surface area contributed by atoms with Gasteiger partial charge >= 0.3 is 19.7 Å². The fourth-order valence-corrected chi connectivity index (χ4v) is 4.31. The second kappa shape index (κ2) is 10.5. The van der Waals surface area contributed by atoms with Crippen LogP contribution in [0.25, 0.3) is 11.1 Å². The minimum absolute atomic E-state index is 0.0466. The number of pyridine rings is 1. The zero-order chi connectivity index (χ0) is 27.8. The summed E-state index contributed by atoms with van der Waals surface area (Å²) in [7, 11) is -4.92. The molecule has 0 amide bonds. The first-order valence-electron chi connectivity index (χ1n) is 10.9. The van der Waals surface area contributed by atoms with Crippen molar-refractivity contribution in [3.63, 3.8) is 0 Å². The van der Waals surface area contributed by atoms with E-state index in [1.54, 1.807) is 18.2 Å². The Kier molecular flexibility index (Phi) is 7.72. The molecule has 2 unspecified atom stereocenters. The summed E-state index contributed by atoms with van der Waals surface area (Å²) in [5, 5.41) is 20.5. The monoisotopic (exact) mass is 559 g/mol. The van der Waals surface area contributed by atoms with Gasteiger partial charge in [-0.05, 0) is 17.2 Å². The Morgan fingerprint density at radius 1 is 1.08 bits per heavy atom. The number of ether oxygens (including phenoxy) is 1. The first-order valence-corrected chi connectivity index (χ1v) is 12.4. The van der Waals surface area contributed by atoms with Gasteiger partial charge in [0.1, 0.15) is 18.3 Å². The molecule has 4 rings (SSSR count). The molecule has 3 heterocycles. The van der Waals surface area contributed by atoms with Gasteiger partial charge in [0.2, 0.25) is 0 Å². The Morgan fingerprint density at radius 3 is 2.39 bits per heavy atom. The maximum Gasteiger partial charge on any atom is 0.469 e. The Hall–Kier alpha value is -3.17. The van der Waals surface area contributed by atoms with Crippen LogP contribution in [0.3, 0.4) is 0 Å². The quantitative estimate of drug-likeness (QED) is 0.304. The van der Waals surface area contributed by atoms with Crippen LogP contribution in [0.15, 0.2) is 64.4 Å². The highest BCUT2D eigenvalue weighted by Crippen LogP contribution is 2.38. The van der Waals surface area contributed by atoms with E-state index in [9.17, 15) is 37.5 Å². The Balaban J connectivity index is 1.68. The minimum Gasteiger partial charge on any atom is -0.387 e. The Bertz CT molecular complexity index is 1470. The van der Waals surface area contributed by atoms with Gasteiger partial charge in [-0.15, -0.1) is 0 Å². The molecule has 3 aromatic rings. The molecule has 1 aromatic carbocycles. The first-order chi connectivity index (χ1) is 17.8. The largest absolute Gasteiger partial charge is 0.469 e. The number of aromatic nitrogens is 3. The number of benzene rings is 1. The summed E-state index contributed by atoms with van der Waals surface area (Å²) in [5.41, 5.74) is -2.91. The number of halogens is 3. The lowest BCUT2D eigenvalue weighted by Gasteiger charge is -2.19. The van der Waals surface area contributed by atoms with Crippen molar-refractivity contribution in [3.8, 4) is 11.1 Å². The van der Waals surface area contributed by atoms with Crippen LogP contribution >= 0.6 is 7.82 Å². The van der Waals surface area contributed by atoms with E-state index in [4.69, 9.17) is 14.5 Å². The van der Waals surface area contributed by atoms with Crippen molar-refractivity contribution in [1.82, 2.24) is 14.1 Å². The molecule has 0 spiro atoms. The van der Waals surface area contributed by atoms with Crippen molar-refractivity contribution in [2.45, 2.75) is 37.3 Å². The number of alkyl halides is 3. The fourth-order valence-electron chi connectivity index (χ4n) is 3.97. The molecule has 0 radical (unpaired) electrons. The lowest BCUT2D eigenvalue weighted by molar-refractivity contribution is -0.137. The summed E-state index contributed by atoms with van der Waals surface area (Å²) in [6.07, 6.45) is -9.60. The van der Waals surface area contributed by atoms with E-state index in [0.717, 1.165) is 22.9 Å². The summed E-state index contributed by atoms with van der Waals surface area (Å²) in [6.45, 7) is -1.35. The van der Waals surface area contributed by atoms with Gasteiger partial charge in [-0.3, -0.25) is 23.4 Å². The fraction of sp³-hybridized carbons (Fsp3) is 0.318. The van der Waals surface area contributed by atoms with Crippen LogP contribution in [0.5, 0.6) is 0 Å². The van der Waals surface area contributed by atoms with Crippen molar-refractivity contribution in [2.24, 2.45) is 0 Å². The zero-order valence-electron chi connectivity index (χ0n) is 19.2. The molecule has 0 saturated carbocycles. The van der Waals surface area contributed by atoms with Crippen molar-refractivity contribution in [2.75, 3.05) is 6.61 Å². The third kappa shape index (κ3) is 5.94. The molecule has 0 bridgehead atoms. The van der Waals surface area contributed by atoms with Gasteiger partial charge in [-0.2, -0.15) is 13.2 Å². The van der Waals surface area contributed by atoms with Crippen LogP contribution in [0.4, 0.5) is 13.2 Å². The Labute approximate surface area is 211 Å². The van der Waals surface area contributed by atoms with E-state index in [0.29, 0.717) is 10.8 Å². The average molecular weight is 559 g/mol. The Morgan fingerprint density at radius 2 is 1.76 bits per heavy atom. The van der Waals surface area contributed by atoms with Crippen LogP contribution < -0.4 is 11.2 Å². The highest BCUT2D eigenvalue weighted by atomic mass is 31.2. The standard InChI is InChI=1S/C22H21F3N3O9P/c23-22(24,25)15-9-26-13(8-14(15)12-4-2-1-3-5-12)10-28-17(29)6-7-27(21(28)32)20-19(31)18(30)16(37-20)11-36-38(33,34)35/h1-9,16,18-20,30-31H,10-11H2,(H2,33,34,35)/t16-,18?,19?,20-/m1/s1. The SMILES string of the molecule is O=c1ccn([C@@H]2O[C@H](COP(=O)(O)O)C(O)C2O)c(=O)n1Cc1cc(-c2ccccc2)c(C(F)(F)F)cn1. The topological polar surface area (TPSA) is 173 Å². The van der Waals surface area contributed by atoms with E-state index in [-0.39, 0.29) is 16.8 Å². The maximum absolute atomic E-state index is 13.6. The number of nitrogens with zero attached hydrogens (tertiary/aromatic N) is 3. The van der Waals surface area contributed by atoms with Gasteiger partial charge in [0.15, 0.2) is 6.23 Å². The summed E-state index contributed by atoms with van der Waals surface area (Å²) in [6, 6.07) is 9.71. The third-order valence-corrected chi connectivity index (χ3v) is 6.27. The lowest BCUT2D eigenvalue weighted by Crippen LogP contribution is -2.43. The van der Waals surface area contributed by atoms with E-state index >= 15 is 0 Å². The zero-order valence-corrected chi connectivity index (χ0v) is 20.1. The number of hydrogen-bond acceptors (Lipinski definition) is 8. The number of hydrogen-bond donors (Lipinski definition) is 4. The summed E-state index contributed by atoms with van der Waals surface area (Å²) in [5.74, 6) is 0. The summed E-state index contributed by atoms with van der Waals surface area (Å²) < 4.78 is 62.8. The molecule has 38 heavy (non-hydrogen) atoms. The number of aliphatic hydroxyl groups is 2.